The van der Waals surface area contributed by atoms with Crippen LogP contribution in [0.3, 0.4) is 0 Å². The lowest BCUT2D eigenvalue weighted by molar-refractivity contribution is -0.0171. The zero-order valence-electron chi connectivity index (χ0n) is 18.7. The van der Waals surface area contributed by atoms with Gasteiger partial charge in [-0.05, 0) is 46.5 Å². The van der Waals surface area contributed by atoms with Crippen molar-refractivity contribution >= 4 is 19.8 Å². The number of ether oxygens (including phenoxy) is 2. The third-order valence-electron chi connectivity index (χ3n) is 6.39. The van der Waals surface area contributed by atoms with Gasteiger partial charge in [0.05, 0.1) is 12.2 Å². The van der Waals surface area contributed by atoms with Crippen molar-refractivity contribution in [3.63, 3.8) is 0 Å². The first kappa shape index (κ1) is 23.4. The van der Waals surface area contributed by atoms with Crippen molar-refractivity contribution in [2.45, 2.75) is 82.2 Å². The third kappa shape index (κ3) is 4.94. The molecule has 0 aromatic rings. The standard InChI is InChI=1S/C20H35N2O7P/c1-19(2,3)28-17(23)21-12-10-20(11-13-21)14-22(18(24)29-20)15-6-8-16(9-7-15)30(25,26-4)27-5/h15-16H,6-14H2,1-5H3. The molecule has 2 heterocycles. The molecule has 3 rings (SSSR count). The van der Waals surface area contributed by atoms with E-state index in [4.69, 9.17) is 18.5 Å². The second kappa shape index (κ2) is 8.67. The van der Waals surface area contributed by atoms with Crippen LogP contribution in [0.15, 0.2) is 0 Å². The summed E-state index contributed by atoms with van der Waals surface area (Å²) in [5, 5.41) is 0. The van der Waals surface area contributed by atoms with Crippen LogP contribution in [0.4, 0.5) is 9.59 Å². The molecule has 0 aromatic heterocycles. The monoisotopic (exact) mass is 446 g/mol. The molecule has 0 atom stereocenters. The van der Waals surface area contributed by atoms with Gasteiger partial charge in [0.2, 0.25) is 0 Å². The lowest BCUT2D eigenvalue weighted by Gasteiger charge is -2.39. The predicted molar refractivity (Wildman–Crippen MR) is 111 cm³/mol. The van der Waals surface area contributed by atoms with Gasteiger partial charge >= 0.3 is 19.8 Å². The molecule has 0 radical (unpaired) electrons. The van der Waals surface area contributed by atoms with Gasteiger partial charge in [0.25, 0.3) is 0 Å². The molecular formula is C20H35N2O7P. The number of amides is 2. The summed E-state index contributed by atoms with van der Waals surface area (Å²) in [5.74, 6) is 0. The first-order valence-electron chi connectivity index (χ1n) is 10.7. The van der Waals surface area contributed by atoms with Crippen molar-refractivity contribution in [2.24, 2.45) is 0 Å². The van der Waals surface area contributed by atoms with Crippen molar-refractivity contribution in [3.8, 4) is 0 Å². The Labute approximate surface area is 178 Å². The van der Waals surface area contributed by atoms with Gasteiger partial charge in [-0.2, -0.15) is 0 Å². The molecule has 0 aromatic carbocycles. The molecule has 2 amide bonds. The number of piperidine rings is 1. The Balaban J connectivity index is 1.54. The summed E-state index contributed by atoms with van der Waals surface area (Å²) in [6, 6.07) is 0.0687. The first-order valence-corrected chi connectivity index (χ1v) is 12.3. The minimum atomic E-state index is -3.08. The molecule has 3 aliphatic rings. The minimum absolute atomic E-state index is 0.0687. The lowest BCUT2D eigenvalue weighted by atomic mass is 9.89. The Hall–Kier alpha value is -1.31. The van der Waals surface area contributed by atoms with Crippen LogP contribution in [-0.4, -0.2) is 78.7 Å². The molecule has 30 heavy (non-hydrogen) atoms. The molecule has 172 valence electrons. The molecular weight excluding hydrogens is 411 g/mol. The highest BCUT2D eigenvalue weighted by atomic mass is 31.2. The Bertz CT molecular complexity index is 684. The predicted octanol–water partition coefficient (Wildman–Crippen LogP) is 4.01. The van der Waals surface area contributed by atoms with E-state index in [-0.39, 0.29) is 23.9 Å². The van der Waals surface area contributed by atoms with Crippen molar-refractivity contribution in [1.82, 2.24) is 9.80 Å². The van der Waals surface area contributed by atoms with Gasteiger partial charge in [-0.1, -0.05) is 0 Å². The summed E-state index contributed by atoms with van der Waals surface area (Å²) in [6.07, 6.45) is 3.47. The number of carbonyl (C=O) groups is 2. The van der Waals surface area contributed by atoms with Crippen LogP contribution in [0.5, 0.6) is 0 Å². The summed E-state index contributed by atoms with van der Waals surface area (Å²) < 4.78 is 34.2. The molecule has 0 bridgehead atoms. The van der Waals surface area contributed by atoms with E-state index in [9.17, 15) is 14.2 Å². The summed E-state index contributed by atoms with van der Waals surface area (Å²) in [5.41, 5.74) is -1.20. The van der Waals surface area contributed by atoms with Crippen molar-refractivity contribution in [2.75, 3.05) is 33.9 Å². The summed E-state index contributed by atoms with van der Waals surface area (Å²) >= 11 is 0. The maximum absolute atomic E-state index is 12.6. The number of nitrogens with zero attached hydrogens (tertiary/aromatic N) is 2. The van der Waals surface area contributed by atoms with Crippen LogP contribution in [0.1, 0.15) is 59.3 Å². The SMILES string of the molecule is COP(=O)(OC)C1CCC(N2CC3(CCN(C(=O)OC(C)(C)C)CC3)OC2=O)CC1. The average Bonchev–Trinajstić information content (AvgIpc) is 3.02. The van der Waals surface area contributed by atoms with E-state index in [1.165, 1.54) is 14.2 Å². The quantitative estimate of drug-likeness (QED) is 0.602. The molecule has 9 nitrogen and oxygen atoms in total. The average molecular weight is 446 g/mol. The second-order valence-electron chi connectivity index (χ2n) is 9.51. The van der Waals surface area contributed by atoms with Gasteiger partial charge in [-0.3, -0.25) is 4.57 Å². The second-order valence-corrected chi connectivity index (χ2v) is 12.1. The van der Waals surface area contributed by atoms with E-state index < -0.39 is 18.8 Å². The van der Waals surface area contributed by atoms with Gasteiger partial charge in [0, 0.05) is 46.2 Å². The number of carbonyl (C=O) groups excluding carboxylic acids is 2. The zero-order chi connectivity index (χ0) is 22.2. The maximum atomic E-state index is 12.6. The van der Waals surface area contributed by atoms with Crippen LogP contribution in [0.25, 0.3) is 0 Å². The van der Waals surface area contributed by atoms with Crippen molar-refractivity contribution in [3.05, 3.63) is 0 Å². The Morgan fingerprint density at radius 1 is 1.10 bits per heavy atom. The zero-order valence-corrected chi connectivity index (χ0v) is 19.6. The van der Waals surface area contributed by atoms with E-state index in [1.54, 1.807) is 4.90 Å². The van der Waals surface area contributed by atoms with Gasteiger partial charge in [-0.15, -0.1) is 0 Å². The topological polar surface area (TPSA) is 94.6 Å². The molecule has 2 saturated heterocycles. The normalized spacial score (nSPS) is 27.3. The van der Waals surface area contributed by atoms with Gasteiger partial charge in [0.15, 0.2) is 0 Å². The highest BCUT2D eigenvalue weighted by molar-refractivity contribution is 7.54. The van der Waals surface area contributed by atoms with Crippen molar-refractivity contribution in [1.29, 1.82) is 0 Å². The highest BCUT2D eigenvalue weighted by Crippen LogP contribution is 2.56. The van der Waals surface area contributed by atoms with E-state index in [2.05, 4.69) is 0 Å². The fourth-order valence-electron chi connectivity index (χ4n) is 4.67. The Morgan fingerprint density at radius 3 is 2.17 bits per heavy atom. The number of hydrogen-bond acceptors (Lipinski definition) is 7. The largest absolute Gasteiger partial charge is 0.444 e. The van der Waals surface area contributed by atoms with E-state index in [0.29, 0.717) is 45.3 Å². The fourth-order valence-corrected chi connectivity index (χ4v) is 6.35. The van der Waals surface area contributed by atoms with E-state index in [1.807, 2.05) is 25.7 Å². The molecule has 3 fully saturated rings. The Kier molecular flexibility index (Phi) is 6.75. The molecule has 1 aliphatic carbocycles. The third-order valence-corrected chi connectivity index (χ3v) is 8.82. The molecule has 0 unspecified atom stereocenters. The van der Waals surface area contributed by atoms with Gasteiger partial charge in [0.1, 0.15) is 11.2 Å². The van der Waals surface area contributed by atoms with Crippen molar-refractivity contribution < 1.29 is 32.7 Å². The smallest absolute Gasteiger partial charge is 0.410 e. The lowest BCUT2D eigenvalue weighted by Crippen LogP contribution is -2.50. The van der Waals surface area contributed by atoms with Crippen LogP contribution in [-0.2, 0) is 23.1 Å². The number of hydrogen-bond donors (Lipinski definition) is 0. The highest BCUT2D eigenvalue weighted by Gasteiger charge is 2.50. The fraction of sp³-hybridized carbons (Fsp3) is 0.900. The molecule has 1 saturated carbocycles. The maximum Gasteiger partial charge on any atom is 0.410 e. The van der Waals surface area contributed by atoms with Crippen LogP contribution >= 0.6 is 7.60 Å². The first-order chi connectivity index (χ1) is 14.0. The molecule has 0 N–H and O–H groups in total. The Morgan fingerprint density at radius 2 is 1.67 bits per heavy atom. The molecule has 1 spiro atoms. The molecule has 2 aliphatic heterocycles. The summed E-state index contributed by atoms with van der Waals surface area (Å²) in [4.78, 5) is 28.4. The van der Waals surface area contributed by atoms with Crippen LogP contribution in [0.2, 0.25) is 0 Å². The van der Waals surface area contributed by atoms with E-state index in [0.717, 1.165) is 12.8 Å². The van der Waals surface area contributed by atoms with Crippen LogP contribution in [0, 0.1) is 0 Å². The number of rotatable bonds is 4. The number of likely N-dealkylation sites (tertiary alicyclic amines) is 1. The van der Waals surface area contributed by atoms with Gasteiger partial charge < -0.3 is 28.3 Å². The summed E-state index contributed by atoms with van der Waals surface area (Å²) in [7, 11) is -0.242. The van der Waals surface area contributed by atoms with Gasteiger partial charge in [-0.25, -0.2) is 9.59 Å². The van der Waals surface area contributed by atoms with E-state index >= 15 is 0 Å². The summed E-state index contributed by atoms with van der Waals surface area (Å²) in [6.45, 7) is 7.09. The minimum Gasteiger partial charge on any atom is -0.444 e. The van der Waals surface area contributed by atoms with Crippen LogP contribution < -0.4 is 0 Å². The molecule has 10 heteroatoms.